The summed E-state index contributed by atoms with van der Waals surface area (Å²) in [5.74, 6) is 1.66. The average Bonchev–Trinajstić information content (AvgIpc) is 3.27. The second-order valence-corrected chi connectivity index (χ2v) is 10.4. The summed E-state index contributed by atoms with van der Waals surface area (Å²) >= 11 is 0. The van der Waals surface area contributed by atoms with Crippen LogP contribution in [0.2, 0.25) is 0 Å². The molecule has 1 atom stereocenters. The van der Waals surface area contributed by atoms with E-state index in [0.29, 0.717) is 24.2 Å². The lowest BCUT2D eigenvalue weighted by Crippen LogP contribution is -2.23. The fraction of sp³-hybridized carbons (Fsp3) is 0.320. The Morgan fingerprint density at radius 2 is 1.72 bits per heavy atom. The number of hydrogen-bond donors (Lipinski definition) is 0. The molecule has 7 heteroatoms. The lowest BCUT2D eigenvalue weighted by atomic mass is 10.0. The summed E-state index contributed by atoms with van der Waals surface area (Å²) < 4.78 is 34.7. The number of likely N-dealkylation sites (tertiary alicyclic amines) is 1. The van der Waals surface area contributed by atoms with Gasteiger partial charge in [0.15, 0.2) is 21.3 Å². The van der Waals surface area contributed by atoms with Gasteiger partial charge in [-0.25, -0.2) is 8.42 Å². The highest BCUT2D eigenvalue weighted by Crippen LogP contribution is 2.38. The van der Waals surface area contributed by atoms with Crippen molar-refractivity contribution in [2.24, 2.45) is 0 Å². The molecule has 3 heterocycles. The maximum Gasteiger partial charge on any atom is 0.175 e. The molecule has 5 rings (SSSR count). The largest absolute Gasteiger partial charge is 0.486 e. The minimum Gasteiger partial charge on any atom is -0.486 e. The number of aromatic nitrogens is 1. The van der Waals surface area contributed by atoms with Crippen LogP contribution in [0.1, 0.15) is 30.1 Å². The normalized spacial score (nSPS) is 18.6. The Morgan fingerprint density at radius 3 is 2.44 bits per heavy atom. The SMILES string of the molecule is CS(=O)(=O)c1ccc(-c2ccc(CN3CCC[C@@H]3c3ccc4c(c3)OCCO4)nc2)cc1. The van der Waals surface area contributed by atoms with Gasteiger partial charge in [0.05, 0.1) is 10.6 Å². The third kappa shape index (κ3) is 4.36. The van der Waals surface area contributed by atoms with Gasteiger partial charge in [-0.05, 0) is 60.8 Å². The first kappa shape index (κ1) is 21.0. The maximum atomic E-state index is 11.7. The number of pyridine rings is 1. The molecule has 166 valence electrons. The van der Waals surface area contributed by atoms with Gasteiger partial charge in [-0.15, -0.1) is 0 Å². The number of ether oxygens (including phenoxy) is 2. The molecule has 0 radical (unpaired) electrons. The number of benzene rings is 2. The second-order valence-electron chi connectivity index (χ2n) is 8.37. The van der Waals surface area contributed by atoms with Crippen LogP contribution >= 0.6 is 0 Å². The lowest BCUT2D eigenvalue weighted by molar-refractivity contribution is 0.170. The molecule has 0 N–H and O–H groups in total. The number of rotatable bonds is 5. The quantitative estimate of drug-likeness (QED) is 0.579. The molecule has 1 fully saturated rings. The Balaban J connectivity index is 1.30. The van der Waals surface area contributed by atoms with Crippen LogP contribution in [0.25, 0.3) is 11.1 Å². The van der Waals surface area contributed by atoms with E-state index in [1.54, 1.807) is 12.1 Å². The summed E-state index contributed by atoms with van der Waals surface area (Å²) in [6, 6.07) is 17.7. The molecule has 0 spiro atoms. The molecule has 0 amide bonds. The first-order chi connectivity index (χ1) is 15.5. The molecule has 2 aliphatic heterocycles. The van der Waals surface area contributed by atoms with E-state index in [-0.39, 0.29) is 0 Å². The minimum absolute atomic E-state index is 0.324. The van der Waals surface area contributed by atoms with E-state index in [0.717, 1.165) is 54.3 Å². The Labute approximate surface area is 188 Å². The number of nitrogens with zero attached hydrogens (tertiary/aromatic N) is 2. The van der Waals surface area contributed by atoms with Crippen molar-refractivity contribution in [2.75, 3.05) is 26.0 Å². The zero-order valence-electron chi connectivity index (χ0n) is 18.0. The van der Waals surface area contributed by atoms with Crippen LogP contribution in [0.15, 0.2) is 65.7 Å². The summed E-state index contributed by atoms with van der Waals surface area (Å²) in [6.07, 6.45) is 5.35. The zero-order valence-corrected chi connectivity index (χ0v) is 18.8. The van der Waals surface area contributed by atoms with E-state index in [1.165, 1.54) is 11.8 Å². The van der Waals surface area contributed by atoms with Gasteiger partial charge in [0, 0.05) is 30.6 Å². The summed E-state index contributed by atoms with van der Waals surface area (Å²) in [7, 11) is -3.19. The Hall–Kier alpha value is -2.90. The van der Waals surface area contributed by atoms with E-state index in [4.69, 9.17) is 9.47 Å². The highest BCUT2D eigenvalue weighted by Gasteiger charge is 2.27. The van der Waals surface area contributed by atoms with Crippen LogP contribution in [-0.4, -0.2) is 44.3 Å². The third-order valence-electron chi connectivity index (χ3n) is 6.12. The molecule has 1 saturated heterocycles. The first-order valence-corrected chi connectivity index (χ1v) is 12.8. The summed E-state index contributed by atoms with van der Waals surface area (Å²) in [4.78, 5) is 7.47. The van der Waals surface area contributed by atoms with E-state index >= 15 is 0 Å². The van der Waals surface area contributed by atoms with Crippen LogP contribution in [0.3, 0.4) is 0 Å². The molecule has 0 saturated carbocycles. The average molecular weight is 451 g/mol. The second kappa shape index (κ2) is 8.56. The van der Waals surface area contributed by atoms with Gasteiger partial charge in [0.2, 0.25) is 0 Å². The van der Waals surface area contributed by atoms with E-state index in [1.807, 2.05) is 30.5 Å². The maximum absolute atomic E-state index is 11.7. The van der Waals surface area contributed by atoms with Crippen molar-refractivity contribution >= 4 is 9.84 Å². The third-order valence-corrected chi connectivity index (χ3v) is 7.25. The van der Waals surface area contributed by atoms with Crippen molar-refractivity contribution in [3.05, 3.63) is 72.1 Å². The van der Waals surface area contributed by atoms with Crippen LogP contribution in [0, 0.1) is 0 Å². The molecule has 0 aliphatic carbocycles. The smallest absolute Gasteiger partial charge is 0.175 e. The molecule has 1 aromatic heterocycles. The summed E-state index contributed by atoms with van der Waals surface area (Å²) in [5, 5.41) is 0. The van der Waals surface area contributed by atoms with Crippen molar-refractivity contribution in [3.8, 4) is 22.6 Å². The van der Waals surface area contributed by atoms with Crippen LogP contribution in [0.5, 0.6) is 11.5 Å². The monoisotopic (exact) mass is 450 g/mol. The van der Waals surface area contributed by atoms with Crippen molar-refractivity contribution < 1.29 is 17.9 Å². The number of sulfone groups is 1. The summed E-state index contributed by atoms with van der Waals surface area (Å²) in [6.45, 7) is 3.02. The van der Waals surface area contributed by atoms with Crippen LogP contribution < -0.4 is 9.47 Å². The van der Waals surface area contributed by atoms with Gasteiger partial charge in [0.25, 0.3) is 0 Å². The van der Waals surface area contributed by atoms with Gasteiger partial charge in [-0.2, -0.15) is 0 Å². The molecule has 32 heavy (non-hydrogen) atoms. The topological polar surface area (TPSA) is 68.7 Å². The van der Waals surface area contributed by atoms with Crippen molar-refractivity contribution in [2.45, 2.75) is 30.3 Å². The predicted molar refractivity (Wildman–Crippen MR) is 123 cm³/mol. The first-order valence-electron chi connectivity index (χ1n) is 10.9. The molecule has 2 aromatic carbocycles. The lowest BCUT2D eigenvalue weighted by Gasteiger charge is -2.26. The predicted octanol–water partition coefficient (Wildman–Crippen LogP) is 4.26. The minimum atomic E-state index is -3.19. The van der Waals surface area contributed by atoms with E-state index in [2.05, 4.69) is 28.1 Å². The van der Waals surface area contributed by atoms with Crippen LogP contribution in [0.4, 0.5) is 0 Å². The van der Waals surface area contributed by atoms with Gasteiger partial charge in [-0.1, -0.05) is 24.3 Å². The highest BCUT2D eigenvalue weighted by atomic mass is 32.2. The van der Waals surface area contributed by atoms with E-state index in [9.17, 15) is 8.42 Å². The Kier molecular flexibility index (Phi) is 5.61. The van der Waals surface area contributed by atoms with Gasteiger partial charge in [0.1, 0.15) is 13.2 Å². The molecular formula is C25H26N2O4S. The number of fused-ring (bicyclic) bond motifs is 1. The number of hydrogen-bond acceptors (Lipinski definition) is 6. The van der Waals surface area contributed by atoms with Crippen molar-refractivity contribution in [3.63, 3.8) is 0 Å². The van der Waals surface area contributed by atoms with Gasteiger partial charge in [-0.3, -0.25) is 9.88 Å². The standard InChI is InChI=1S/C25H26N2O4S/c1-32(28,29)22-9-5-18(6-10-22)20-4-8-21(26-16-20)17-27-12-2-3-23(27)19-7-11-24-25(15-19)31-14-13-30-24/h4-11,15-16,23H,2-3,12-14,17H2,1H3/t23-/m1/s1. The van der Waals surface area contributed by atoms with Gasteiger partial charge < -0.3 is 9.47 Å². The fourth-order valence-electron chi connectivity index (χ4n) is 4.45. The molecular weight excluding hydrogens is 424 g/mol. The van der Waals surface area contributed by atoms with E-state index < -0.39 is 9.84 Å². The van der Waals surface area contributed by atoms with Crippen molar-refractivity contribution in [1.29, 1.82) is 0 Å². The van der Waals surface area contributed by atoms with Crippen LogP contribution in [-0.2, 0) is 16.4 Å². The molecule has 0 bridgehead atoms. The van der Waals surface area contributed by atoms with Crippen molar-refractivity contribution in [1.82, 2.24) is 9.88 Å². The molecule has 0 unspecified atom stereocenters. The fourth-order valence-corrected chi connectivity index (χ4v) is 5.08. The highest BCUT2D eigenvalue weighted by molar-refractivity contribution is 7.90. The molecule has 6 nitrogen and oxygen atoms in total. The Bertz CT molecular complexity index is 1210. The molecule has 3 aromatic rings. The molecule has 2 aliphatic rings. The Morgan fingerprint density at radius 1 is 0.969 bits per heavy atom. The zero-order chi connectivity index (χ0) is 22.1. The summed E-state index contributed by atoms with van der Waals surface area (Å²) in [5.41, 5.74) is 4.20. The van der Waals surface area contributed by atoms with Gasteiger partial charge >= 0.3 is 0 Å².